The Bertz CT molecular complexity index is 1020. The molecule has 0 bridgehead atoms. The molecule has 4 heteroatoms. The highest BCUT2D eigenvalue weighted by Gasteiger charge is 2.19. The molecule has 0 saturated carbocycles. The smallest absolute Gasteiger partial charge is 0.143 e. The molecular weight excluding hydrogens is 336 g/mol. The van der Waals surface area contributed by atoms with Gasteiger partial charge in [0.2, 0.25) is 0 Å². The van der Waals surface area contributed by atoms with Crippen LogP contribution in [0.15, 0.2) is 78.9 Å². The van der Waals surface area contributed by atoms with Gasteiger partial charge in [-0.05, 0) is 36.8 Å². The van der Waals surface area contributed by atoms with Crippen LogP contribution in [0, 0.1) is 6.92 Å². The van der Waals surface area contributed by atoms with E-state index in [0.29, 0.717) is 19.0 Å². The summed E-state index contributed by atoms with van der Waals surface area (Å²) < 4.78 is 7.94. The number of nitrogens with zero attached hydrogens (tertiary/aromatic N) is 2. The summed E-state index contributed by atoms with van der Waals surface area (Å²) in [6.45, 7) is 3.16. The number of aliphatic hydroxyl groups excluding tert-OH is 1. The third kappa shape index (κ3) is 3.71. The number of aryl methyl sites for hydroxylation is 1. The van der Waals surface area contributed by atoms with Crippen molar-refractivity contribution in [1.82, 2.24) is 9.55 Å². The lowest BCUT2D eigenvalue weighted by Gasteiger charge is -2.15. The van der Waals surface area contributed by atoms with E-state index in [1.54, 1.807) is 0 Å². The minimum absolute atomic E-state index is 0.498. The predicted molar refractivity (Wildman–Crippen MR) is 107 cm³/mol. The lowest BCUT2D eigenvalue weighted by molar-refractivity contribution is 0.201. The highest BCUT2D eigenvalue weighted by Crippen LogP contribution is 2.25. The summed E-state index contributed by atoms with van der Waals surface area (Å²) in [5.41, 5.74) is 3.90. The number of aliphatic hydroxyl groups is 1. The zero-order valence-corrected chi connectivity index (χ0v) is 15.2. The Labute approximate surface area is 158 Å². The maximum Gasteiger partial charge on any atom is 0.143 e. The van der Waals surface area contributed by atoms with E-state index in [1.807, 2.05) is 83.4 Å². The van der Waals surface area contributed by atoms with Gasteiger partial charge in [-0.2, -0.15) is 0 Å². The molecule has 0 aliphatic rings. The minimum atomic E-state index is -0.780. The molecule has 136 valence electrons. The third-order valence-corrected chi connectivity index (χ3v) is 4.65. The molecule has 3 aromatic carbocycles. The van der Waals surface area contributed by atoms with Crippen molar-refractivity contribution in [1.29, 1.82) is 0 Å². The van der Waals surface area contributed by atoms with Gasteiger partial charge in [-0.25, -0.2) is 4.98 Å². The lowest BCUT2D eigenvalue weighted by atomic mass is 10.1. The molecule has 0 unspecified atom stereocenters. The summed E-state index contributed by atoms with van der Waals surface area (Å²) in [6, 6.07) is 25.6. The van der Waals surface area contributed by atoms with Crippen molar-refractivity contribution < 1.29 is 9.84 Å². The Hall–Kier alpha value is -3.11. The van der Waals surface area contributed by atoms with E-state index < -0.39 is 6.10 Å². The van der Waals surface area contributed by atoms with Gasteiger partial charge >= 0.3 is 0 Å². The molecule has 1 atom stereocenters. The van der Waals surface area contributed by atoms with E-state index in [-0.39, 0.29) is 0 Å². The second-order valence-corrected chi connectivity index (χ2v) is 6.59. The molecule has 0 fully saturated rings. The van der Waals surface area contributed by atoms with E-state index in [2.05, 4.69) is 11.9 Å². The Morgan fingerprint density at radius 3 is 2.41 bits per heavy atom. The van der Waals surface area contributed by atoms with Crippen LogP contribution in [0.1, 0.15) is 23.1 Å². The summed E-state index contributed by atoms with van der Waals surface area (Å²) in [4.78, 5) is 4.68. The fraction of sp³-hybridized carbons (Fsp3) is 0.174. The second-order valence-electron chi connectivity index (χ2n) is 6.59. The molecule has 0 spiro atoms. The molecule has 4 aromatic rings. The summed E-state index contributed by atoms with van der Waals surface area (Å²) in [5, 5.41) is 10.9. The Kier molecular flexibility index (Phi) is 4.90. The van der Waals surface area contributed by atoms with Crippen molar-refractivity contribution in [3.8, 4) is 5.75 Å². The summed E-state index contributed by atoms with van der Waals surface area (Å²) >= 11 is 0. The van der Waals surface area contributed by atoms with Crippen molar-refractivity contribution in [2.75, 3.05) is 6.61 Å². The van der Waals surface area contributed by atoms with Crippen LogP contribution in [0.25, 0.3) is 11.0 Å². The Morgan fingerprint density at radius 2 is 1.63 bits per heavy atom. The number of ether oxygens (including phenoxy) is 1. The topological polar surface area (TPSA) is 47.3 Å². The fourth-order valence-corrected chi connectivity index (χ4v) is 3.21. The largest absolute Gasteiger partial charge is 0.492 e. The van der Waals surface area contributed by atoms with Gasteiger partial charge < -0.3 is 14.4 Å². The van der Waals surface area contributed by atoms with Crippen molar-refractivity contribution >= 4 is 11.0 Å². The number of benzene rings is 3. The van der Waals surface area contributed by atoms with Crippen molar-refractivity contribution in [3.63, 3.8) is 0 Å². The van der Waals surface area contributed by atoms with Gasteiger partial charge in [0.25, 0.3) is 0 Å². The summed E-state index contributed by atoms with van der Waals surface area (Å²) in [6.07, 6.45) is -0.780. The van der Waals surface area contributed by atoms with Crippen molar-refractivity contribution in [2.24, 2.45) is 0 Å². The van der Waals surface area contributed by atoms with Crippen LogP contribution in [-0.4, -0.2) is 21.3 Å². The van der Waals surface area contributed by atoms with Gasteiger partial charge in [0, 0.05) is 0 Å². The van der Waals surface area contributed by atoms with Gasteiger partial charge in [0.1, 0.15) is 24.3 Å². The first-order chi connectivity index (χ1) is 13.2. The molecule has 4 rings (SSSR count). The summed E-state index contributed by atoms with van der Waals surface area (Å²) in [5.74, 6) is 1.48. The molecule has 1 aromatic heterocycles. The third-order valence-electron chi connectivity index (χ3n) is 4.65. The highest BCUT2D eigenvalue weighted by atomic mass is 16.5. The summed E-state index contributed by atoms with van der Waals surface area (Å²) in [7, 11) is 0. The number of aromatic nitrogens is 2. The molecule has 4 nitrogen and oxygen atoms in total. The molecule has 0 amide bonds. The van der Waals surface area contributed by atoms with Crippen molar-refractivity contribution in [3.05, 3.63) is 95.8 Å². The molecule has 1 N–H and O–H groups in total. The Morgan fingerprint density at radius 1 is 0.926 bits per heavy atom. The van der Waals surface area contributed by atoms with Crippen LogP contribution >= 0.6 is 0 Å². The van der Waals surface area contributed by atoms with E-state index >= 15 is 0 Å². The van der Waals surface area contributed by atoms with E-state index in [1.165, 1.54) is 5.56 Å². The van der Waals surface area contributed by atoms with Gasteiger partial charge in [-0.15, -0.1) is 0 Å². The van der Waals surface area contributed by atoms with Crippen LogP contribution in [0.5, 0.6) is 5.75 Å². The molecule has 1 heterocycles. The zero-order valence-electron chi connectivity index (χ0n) is 15.2. The van der Waals surface area contributed by atoms with Crippen LogP contribution in [-0.2, 0) is 6.54 Å². The number of hydrogen-bond donors (Lipinski definition) is 1. The molecular formula is C23H22N2O2. The average molecular weight is 358 g/mol. The second kappa shape index (κ2) is 7.64. The van der Waals surface area contributed by atoms with Gasteiger partial charge in [-0.3, -0.25) is 0 Å². The molecule has 0 radical (unpaired) electrons. The first-order valence-corrected chi connectivity index (χ1v) is 9.10. The predicted octanol–water partition coefficient (Wildman–Crippen LogP) is 4.51. The standard InChI is InChI=1S/C23H22N2O2/c1-17-11-13-19(14-12-17)27-16-15-25-21-10-6-5-9-20(21)24-23(25)22(26)18-7-3-2-4-8-18/h2-14,22,26H,15-16H2,1H3/t22-/m0/s1. The van der Waals surface area contributed by atoms with E-state index in [4.69, 9.17) is 4.74 Å². The quantitative estimate of drug-likeness (QED) is 0.552. The van der Waals surface area contributed by atoms with Crippen LogP contribution in [0.2, 0.25) is 0 Å². The van der Waals surface area contributed by atoms with Crippen LogP contribution < -0.4 is 4.74 Å². The number of rotatable bonds is 6. The first kappa shape index (κ1) is 17.3. The first-order valence-electron chi connectivity index (χ1n) is 9.10. The normalized spacial score (nSPS) is 12.2. The number of fused-ring (bicyclic) bond motifs is 1. The van der Waals surface area contributed by atoms with E-state index in [0.717, 1.165) is 22.3 Å². The van der Waals surface area contributed by atoms with Gasteiger partial charge in [-0.1, -0.05) is 60.2 Å². The highest BCUT2D eigenvalue weighted by molar-refractivity contribution is 5.76. The number of imidazole rings is 1. The van der Waals surface area contributed by atoms with Crippen LogP contribution in [0.3, 0.4) is 0 Å². The fourth-order valence-electron chi connectivity index (χ4n) is 3.21. The average Bonchev–Trinajstić information content (AvgIpc) is 3.08. The monoisotopic (exact) mass is 358 g/mol. The molecule has 0 aliphatic heterocycles. The maximum atomic E-state index is 10.9. The molecule has 0 aliphatic carbocycles. The lowest BCUT2D eigenvalue weighted by Crippen LogP contribution is -2.14. The number of hydrogen-bond acceptors (Lipinski definition) is 3. The Balaban J connectivity index is 1.61. The molecule has 27 heavy (non-hydrogen) atoms. The molecule has 0 saturated heterocycles. The minimum Gasteiger partial charge on any atom is -0.492 e. The SMILES string of the molecule is Cc1ccc(OCCn2c([C@@H](O)c3ccccc3)nc3ccccc32)cc1. The van der Waals surface area contributed by atoms with Gasteiger partial charge in [0.15, 0.2) is 0 Å². The van der Waals surface area contributed by atoms with Gasteiger partial charge in [0.05, 0.1) is 17.6 Å². The zero-order chi connectivity index (χ0) is 18.6. The van der Waals surface area contributed by atoms with E-state index in [9.17, 15) is 5.11 Å². The number of para-hydroxylation sites is 2. The van der Waals surface area contributed by atoms with Crippen molar-refractivity contribution in [2.45, 2.75) is 19.6 Å². The maximum absolute atomic E-state index is 10.9. The van der Waals surface area contributed by atoms with Crippen LogP contribution in [0.4, 0.5) is 0 Å².